The minimum atomic E-state index is 0. The number of nitrogens with zero attached hydrogens (tertiary/aromatic N) is 2. The van der Waals surface area contributed by atoms with E-state index in [9.17, 15) is 0 Å². The van der Waals surface area contributed by atoms with Gasteiger partial charge in [-0.1, -0.05) is 37.3 Å². The first kappa shape index (κ1) is 19.0. The Balaban J connectivity index is 0.00000121. The number of benzene rings is 1. The number of halogens is 2. The van der Waals surface area contributed by atoms with Gasteiger partial charge in [-0.25, -0.2) is 4.98 Å². The predicted octanol–water partition coefficient (Wildman–Crippen LogP) is 3.35. The predicted molar refractivity (Wildman–Crippen MR) is 93.5 cm³/mol. The van der Waals surface area contributed by atoms with Gasteiger partial charge in [-0.3, -0.25) is 4.90 Å². The number of nitrogens with two attached hydrogens (primary N) is 1. The van der Waals surface area contributed by atoms with E-state index in [0.717, 1.165) is 43.3 Å². The SMILES string of the molecule is CC1CN(Cc2ncc(-c3ccccc3)o2)CCC1N.Cl.Cl. The largest absolute Gasteiger partial charge is 0.439 e. The monoisotopic (exact) mass is 343 g/mol. The molecule has 2 aromatic rings. The van der Waals surface area contributed by atoms with E-state index in [0.29, 0.717) is 12.0 Å². The lowest BCUT2D eigenvalue weighted by molar-refractivity contribution is 0.146. The van der Waals surface area contributed by atoms with Crippen molar-refractivity contribution in [3.63, 3.8) is 0 Å². The Morgan fingerprint density at radius 1 is 1.27 bits per heavy atom. The molecule has 1 aliphatic rings. The van der Waals surface area contributed by atoms with Gasteiger partial charge in [0.2, 0.25) is 5.89 Å². The second kappa shape index (κ2) is 8.53. The second-order valence-corrected chi connectivity index (χ2v) is 5.65. The van der Waals surface area contributed by atoms with Crippen LogP contribution in [-0.4, -0.2) is 29.0 Å². The third kappa shape index (κ3) is 4.46. The van der Waals surface area contributed by atoms with Gasteiger partial charge in [-0.15, -0.1) is 24.8 Å². The van der Waals surface area contributed by atoms with Crippen LogP contribution in [0.3, 0.4) is 0 Å². The molecule has 2 atom stereocenters. The molecule has 0 saturated carbocycles. The summed E-state index contributed by atoms with van der Waals surface area (Å²) in [5, 5.41) is 0. The average molecular weight is 344 g/mol. The van der Waals surface area contributed by atoms with E-state index in [1.807, 2.05) is 36.5 Å². The molecule has 2 unspecified atom stereocenters. The van der Waals surface area contributed by atoms with Gasteiger partial charge in [0.1, 0.15) is 0 Å². The van der Waals surface area contributed by atoms with Crippen molar-refractivity contribution in [3.05, 3.63) is 42.4 Å². The van der Waals surface area contributed by atoms with Crippen molar-refractivity contribution >= 4 is 24.8 Å². The Hall–Kier alpha value is -1.07. The van der Waals surface area contributed by atoms with Gasteiger partial charge in [0.05, 0.1) is 12.7 Å². The van der Waals surface area contributed by atoms with Crippen LogP contribution in [0.1, 0.15) is 19.2 Å². The zero-order valence-electron chi connectivity index (χ0n) is 12.6. The van der Waals surface area contributed by atoms with E-state index in [4.69, 9.17) is 10.2 Å². The minimum absolute atomic E-state index is 0. The highest BCUT2D eigenvalue weighted by molar-refractivity contribution is 5.85. The Bertz CT molecular complexity index is 562. The maximum atomic E-state index is 6.05. The summed E-state index contributed by atoms with van der Waals surface area (Å²) in [7, 11) is 0. The molecule has 6 heteroatoms. The van der Waals surface area contributed by atoms with Crippen molar-refractivity contribution in [3.8, 4) is 11.3 Å². The molecule has 22 heavy (non-hydrogen) atoms. The number of likely N-dealkylation sites (tertiary alicyclic amines) is 1. The second-order valence-electron chi connectivity index (χ2n) is 5.65. The number of piperidine rings is 1. The van der Waals surface area contributed by atoms with Gasteiger partial charge in [0, 0.05) is 24.7 Å². The summed E-state index contributed by atoms with van der Waals surface area (Å²) in [5.41, 5.74) is 7.12. The molecular weight excluding hydrogens is 321 g/mol. The third-order valence-corrected chi connectivity index (χ3v) is 4.03. The van der Waals surface area contributed by atoms with Crippen LogP contribution in [0.25, 0.3) is 11.3 Å². The molecule has 2 N–H and O–H groups in total. The van der Waals surface area contributed by atoms with Gasteiger partial charge in [-0.05, 0) is 12.3 Å². The van der Waals surface area contributed by atoms with Crippen LogP contribution in [0, 0.1) is 5.92 Å². The molecule has 1 aliphatic heterocycles. The summed E-state index contributed by atoms with van der Waals surface area (Å²) in [4.78, 5) is 6.76. The minimum Gasteiger partial charge on any atom is -0.439 e. The Morgan fingerprint density at radius 3 is 2.68 bits per heavy atom. The maximum absolute atomic E-state index is 6.05. The number of oxazole rings is 1. The summed E-state index contributed by atoms with van der Waals surface area (Å²) >= 11 is 0. The van der Waals surface area contributed by atoms with E-state index in [-0.39, 0.29) is 24.8 Å². The van der Waals surface area contributed by atoms with E-state index >= 15 is 0 Å². The maximum Gasteiger partial charge on any atom is 0.209 e. The van der Waals surface area contributed by atoms with Crippen LogP contribution < -0.4 is 5.73 Å². The fraction of sp³-hybridized carbons (Fsp3) is 0.438. The summed E-state index contributed by atoms with van der Waals surface area (Å²) in [5.74, 6) is 2.15. The van der Waals surface area contributed by atoms with E-state index in [1.165, 1.54) is 0 Å². The lowest BCUT2D eigenvalue weighted by Gasteiger charge is -2.34. The van der Waals surface area contributed by atoms with Crippen LogP contribution in [0.4, 0.5) is 0 Å². The zero-order valence-corrected chi connectivity index (χ0v) is 14.3. The third-order valence-electron chi connectivity index (χ3n) is 4.03. The summed E-state index contributed by atoms with van der Waals surface area (Å²) < 4.78 is 5.85. The fourth-order valence-electron chi connectivity index (χ4n) is 2.70. The lowest BCUT2D eigenvalue weighted by Crippen LogP contribution is -2.45. The molecule has 1 aromatic carbocycles. The van der Waals surface area contributed by atoms with Crippen LogP contribution in [-0.2, 0) is 6.54 Å². The molecule has 0 radical (unpaired) electrons. The van der Waals surface area contributed by atoms with Gasteiger partial charge in [-0.2, -0.15) is 0 Å². The van der Waals surface area contributed by atoms with Crippen LogP contribution >= 0.6 is 24.8 Å². The Kier molecular flexibility index (Phi) is 7.36. The van der Waals surface area contributed by atoms with E-state index < -0.39 is 0 Å². The molecule has 0 bridgehead atoms. The number of rotatable bonds is 3. The molecule has 1 saturated heterocycles. The molecule has 1 aromatic heterocycles. The summed E-state index contributed by atoms with van der Waals surface area (Å²) in [6.45, 7) is 5.02. The molecule has 2 heterocycles. The highest BCUT2D eigenvalue weighted by Crippen LogP contribution is 2.22. The quantitative estimate of drug-likeness (QED) is 0.928. The number of hydrogen-bond donors (Lipinski definition) is 1. The molecule has 0 amide bonds. The van der Waals surface area contributed by atoms with Gasteiger partial charge in [0.25, 0.3) is 0 Å². The average Bonchev–Trinajstić information content (AvgIpc) is 2.92. The highest BCUT2D eigenvalue weighted by Gasteiger charge is 2.24. The zero-order chi connectivity index (χ0) is 13.9. The molecule has 0 spiro atoms. The Morgan fingerprint density at radius 2 is 2.00 bits per heavy atom. The van der Waals surface area contributed by atoms with Crippen molar-refractivity contribution in [2.75, 3.05) is 13.1 Å². The standard InChI is InChI=1S/C16H21N3O.2ClH/c1-12-10-19(8-7-14(12)17)11-16-18-9-15(20-16)13-5-3-2-4-6-13;;/h2-6,9,12,14H,7-8,10-11,17H2,1H3;2*1H. The lowest BCUT2D eigenvalue weighted by atomic mass is 9.95. The van der Waals surface area contributed by atoms with E-state index in [1.54, 1.807) is 0 Å². The molecular formula is C16H23Cl2N3O. The topological polar surface area (TPSA) is 55.3 Å². The van der Waals surface area contributed by atoms with Crippen molar-refractivity contribution in [1.29, 1.82) is 0 Å². The molecule has 1 fully saturated rings. The normalized spacial score (nSPS) is 21.7. The van der Waals surface area contributed by atoms with Crippen LogP contribution in [0.2, 0.25) is 0 Å². The Labute approximate surface area is 143 Å². The van der Waals surface area contributed by atoms with E-state index in [2.05, 4.69) is 16.8 Å². The summed E-state index contributed by atoms with van der Waals surface area (Å²) in [6.07, 6.45) is 2.86. The first-order valence-electron chi connectivity index (χ1n) is 7.20. The molecule has 3 rings (SSSR count). The molecule has 122 valence electrons. The highest BCUT2D eigenvalue weighted by atomic mass is 35.5. The van der Waals surface area contributed by atoms with Gasteiger partial charge < -0.3 is 10.2 Å². The van der Waals surface area contributed by atoms with Crippen molar-refractivity contribution in [2.45, 2.75) is 25.9 Å². The number of hydrogen-bond acceptors (Lipinski definition) is 4. The molecule has 0 aliphatic carbocycles. The van der Waals surface area contributed by atoms with Gasteiger partial charge >= 0.3 is 0 Å². The van der Waals surface area contributed by atoms with Crippen LogP contribution in [0.15, 0.2) is 40.9 Å². The smallest absolute Gasteiger partial charge is 0.209 e. The van der Waals surface area contributed by atoms with Crippen molar-refractivity contribution in [2.24, 2.45) is 11.7 Å². The van der Waals surface area contributed by atoms with Crippen LogP contribution in [0.5, 0.6) is 0 Å². The summed E-state index contributed by atoms with van der Waals surface area (Å²) in [6, 6.07) is 10.4. The van der Waals surface area contributed by atoms with Crippen molar-refractivity contribution < 1.29 is 4.42 Å². The fourth-order valence-corrected chi connectivity index (χ4v) is 2.70. The molecule has 4 nitrogen and oxygen atoms in total. The van der Waals surface area contributed by atoms with Crippen molar-refractivity contribution in [1.82, 2.24) is 9.88 Å². The van der Waals surface area contributed by atoms with Gasteiger partial charge in [0.15, 0.2) is 5.76 Å². The number of aromatic nitrogens is 1. The first-order valence-corrected chi connectivity index (χ1v) is 7.20. The first-order chi connectivity index (χ1) is 9.72.